The minimum Gasteiger partial charge on any atom is -0.265 e. The number of hydrogen-bond acceptors (Lipinski definition) is 12. The third kappa shape index (κ3) is 9.60. The number of urea groups is 2. The molecular formula is C48H38F6N6O10S4. The first kappa shape index (κ1) is 54.3. The fourth-order valence-electron chi connectivity index (χ4n) is 8.55. The van der Waals surface area contributed by atoms with E-state index in [1.807, 2.05) is 0 Å². The van der Waals surface area contributed by atoms with Crippen LogP contribution in [0.15, 0.2) is 151 Å². The molecule has 5 aromatic carbocycles. The Balaban J connectivity index is 1.45. The Morgan fingerprint density at radius 1 is 0.486 bits per heavy atom. The molecular weight excluding hydrogens is 1060 g/mol. The molecule has 5 aromatic rings. The van der Waals surface area contributed by atoms with Crippen LogP contribution in [0, 0.1) is 36.5 Å². The van der Waals surface area contributed by atoms with Gasteiger partial charge >= 0.3 is 24.4 Å². The Bertz CT molecular complexity index is 3600. The van der Waals surface area contributed by atoms with Gasteiger partial charge in [0, 0.05) is 23.9 Å². The van der Waals surface area contributed by atoms with Gasteiger partial charge in [-0.2, -0.15) is 36.9 Å². The van der Waals surface area contributed by atoms with Crippen molar-refractivity contribution < 1.29 is 69.6 Å². The highest BCUT2D eigenvalue weighted by Gasteiger charge is 2.51. The Labute approximate surface area is 421 Å². The summed E-state index contributed by atoms with van der Waals surface area (Å²) >= 11 is 0. The molecule has 2 aliphatic rings. The van der Waals surface area contributed by atoms with Gasteiger partial charge in [-0.3, -0.25) is 9.80 Å². The predicted octanol–water partition coefficient (Wildman–Crippen LogP) is 9.49. The van der Waals surface area contributed by atoms with Gasteiger partial charge in [-0.05, 0) is 123 Å². The maximum atomic E-state index is 15.1. The fraction of sp³-hybridized carbons (Fsp3) is 0.208. The van der Waals surface area contributed by atoms with Crippen LogP contribution in [0.4, 0.5) is 47.3 Å². The highest BCUT2D eigenvalue weighted by Crippen LogP contribution is 2.47. The number of nitrogens with zero attached hydrogens (tertiary/aromatic N) is 6. The average molecular weight is 1100 g/mol. The maximum Gasteiger partial charge on any atom is 0.416 e. The number of alkyl halides is 6. The molecule has 0 spiro atoms. The van der Waals surface area contributed by atoms with Crippen LogP contribution in [-0.2, 0) is 52.1 Å². The number of amides is 4. The number of benzene rings is 5. The number of aryl methyl sites for hydroxylation is 2. The summed E-state index contributed by atoms with van der Waals surface area (Å²) in [4.78, 5) is 27.7. The number of sulfonamides is 2. The van der Waals surface area contributed by atoms with E-state index >= 15 is 16.8 Å². The Kier molecular flexibility index (Phi) is 13.8. The normalized spacial score (nSPS) is 17.4. The standard InChI is InChI=1S/C48H38F6N6O10S4/c1-27-13-19-37(41(21-27)71(5,63)64)43-39(25-55)29(3)57(33-11-7-9-31(23-33)47(49,50)51)45(61)59(43)73(67,68)35-15-17-36(18-16-35)74(69,70)60-44(38-20-14-28(2)22-42(38)72(6,65)66)40(26-56)30(4)58(46(60)62)34-12-8-10-32(24-34)48(52,53)54/h7-24,43-44H,1-6H3/t43-,44-/m1/s1. The largest absolute Gasteiger partial charge is 0.416 e. The van der Waals surface area contributed by atoms with Crippen molar-refractivity contribution in [2.45, 2.75) is 71.7 Å². The van der Waals surface area contributed by atoms with Gasteiger partial charge in [-0.25, -0.2) is 51.9 Å². The lowest BCUT2D eigenvalue weighted by Crippen LogP contribution is -2.52. The first-order valence-electron chi connectivity index (χ1n) is 21.2. The number of carbonyl (C=O) groups excluding carboxylic acids is 2. The van der Waals surface area contributed by atoms with Crippen LogP contribution in [0.1, 0.15) is 59.3 Å². The third-order valence-corrected chi connectivity index (χ3v) is 17.8. The van der Waals surface area contributed by atoms with Crippen LogP contribution in [-0.4, -0.2) is 66.9 Å². The molecule has 0 radical (unpaired) electrons. The van der Waals surface area contributed by atoms with Crippen LogP contribution >= 0.6 is 0 Å². The van der Waals surface area contributed by atoms with Crippen LogP contribution in [0.2, 0.25) is 0 Å². The molecule has 0 saturated carbocycles. The molecule has 2 aliphatic heterocycles. The second-order valence-corrected chi connectivity index (χ2v) is 24.7. The van der Waals surface area contributed by atoms with E-state index in [1.54, 1.807) is 12.1 Å². The van der Waals surface area contributed by atoms with Gasteiger partial charge in [0.05, 0.1) is 65.4 Å². The van der Waals surface area contributed by atoms with Crippen LogP contribution in [0.3, 0.4) is 0 Å². The summed E-state index contributed by atoms with van der Waals surface area (Å²) < 4.78 is 198. The minimum atomic E-state index is -5.54. The number of anilines is 2. The van der Waals surface area contributed by atoms with Crippen molar-refractivity contribution in [2.75, 3.05) is 22.3 Å². The molecule has 2 atom stereocenters. The zero-order valence-electron chi connectivity index (χ0n) is 39.2. The topological polar surface area (TPSA) is 231 Å². The number of nitriles is 2. The molecule has 7 rings (SSSR count). The highest BCUT2D eigenvalue weighted by atomic mass is 32.2. The Morgan fingerprint density at radius 3 is 1.09 bits per heavy atom. The molecule has 386 valence electrons. The van der Waals surface area contributed by atoms with Gasteiger partial charge in [0.2, 0.25) is 0 Å². The van der Waals surface area contributed by atoms with Gasteiger partial charge in [-0.15, -0.1) is 0 Å². The average Bonchev–Trinajstić information content (AvgIpc) is 3.30. The lowest BCUT2D eigenvalue weighted by atomic mass is 9.94. The van der Waals surface area contributed by atoms with E-state index in [0.717, 1.165) is 74.9 Å². The van der Waals surface area contributed by atoms with Crippen molar-refractivity contribution >= 4 is 63.2 Å². The van der Waals surface area contributed by atoms with Crippen molar-refractivity contribution in [3.8, 4) is 12.1 Å². The molecule has 0 saturated heterocycles. The second kappa shape index (κ2) is 18.8. The first-order chi connectivity index (χ1) is 34.2. The van der Waals surface area contributed by atoms with Gasteiger partial charge in [-0.1, -0.05) is 36.4 Å². The van der Waals surface area contributed by atoms with Gasteiger partial charge in [0.15, 0.2) is 19.7 Å². The van der Waals surface area contributed by atoms with Crippen LogP contribution < -0.4 is 9.80 Å². The molecule has 0 bridgehead atoms. The molecule has 0 aliphatic carbocycles. The van der Waals surface area contributed by atoms with E-state index in [1.165, 1.54) is 26.0 Å². The molecule has 26 heteroatoms. The molecule has 4 amide bonds. The summed E-state index contributed by atoms with van der Waals surface area (Å²) in [6.07, 6.45) is -8.44. The third-order valence-electron chi connectivity index (χ3n) is 12.0. The number of hydrogen-bond donors (Lipinski definition) is 0. The summed E-state index contributed by atoms with van der Waals surface area (Å²) in [5, 5.41) is 21.3. The van der Waals surface area contributed by atoms with Crippen molar-refractivity contribution in [1.82, 2.24) is 8.61 Å². The van der Waals surface area contributed by atoms with Crippen molar-refractivity contribution in [1.29, 1.82) is 10.5 Å². The van der Waals surface area contributed by atoms with E-state index in [4.69, 9.17) is 0 Å². The zero-order valence-corrected chi connectivity index (χ0v) is 42.5. The summed E-state index contributed by atoms with van der Waals surface area (Å²) in [6.45, 7) is 5.22. The number of rotatable bonds is 10. The van der Waals surface area contributed by atoms with E-state index < -0.39 is 152 Å². The summed E-state index contributed by atoms with van der Waals surface area (Å²) in [5.41, 5.74) is -5.96. The van der Waals surface area contributed by atoms with Crippen molar-refractivity contribution in [3.63, 3.8) is 0 Å². The zero-order chi connectivity index (χ0) is 55.0. The first-order valence-corrected chi connectivity index (χ1v) is 27.9. The lowest BCUT2D eigenvalue weighted by molar-refractivity contribution is -0.138. The summed E-state index contributed by atoms with van der Waals surface area (Å²) in [7, 11) is -19.7. The number of carbonyl (C=O) groups is 2. The van der Waals surface area contributed by atoms with Crippen molar-refractivity contribution in [2.24, 2.45) is 0 Å². The van der Waals surface area contributed by atoms with Crippen LogP contribution in [0.5, 0.6) is 0 Å². The van der Waals surface area contributed by atoms with Crippen molar-refractivity contribution in [3.05, 3.63) is 165 Å². The van der Waals surface area contributed by atoms with Gasteiger partial charge in [0.25, 0.3) is 20.0 Å². The Hall–Kier alpha value is -7.52. The lowest BCUT2D eigenvalue weighted by Gasteiger charge is -2.41. The molecule has 74 heavy (non-hydrogen) atoms. The summed E-state index contributed by atoms with van der Waals surface area (Å²) in [6, 6.07) is 11.9. The van der Waals surface area contributed by atoms with Crippen LogP contribution in [0.25, 0.3) is 0 Å². The molecule has 2 heterocycles. The monoisotopic (exact) mass is 1100 g/mol. The highest BCUT2D eigenvalue weighted by molar-refractivity contribution is 7.91. The molecule has 0 unspecified atom stereocenters. The van der Waals surface area contributed by atoms with Gasteiger partial charge in [0.1, 0.15) is 12.1 Å². The SMILES string of the molecule is CC1=C(C#N)[C@@H](c2ccc(C)cc2S(C)(=O)=O)N(S(=O)(=O)c2ccc(S(=O)(=O)N3C(=O)N(c4cccc(C(F)(F)F)c4)C(C)=C(C#N)[C@H]3c3ccc(C)cc3S(C)(=O)=O)cc2)C(=O)N1c1cccc(C(F)(F)F)c1. The van der Waals surface area contributed by atoms with E-state index in [0.29, 0.717) is 69.5 Å². The fourth-order valence-corrected chi connectivity index (χ4v) is 13.5. The molecule has 16 nitrogen and oxygen atoms in total. The predicted molar refractivity (Wildman–Crippen MR) is 254 cm³/mol. The second-order valence-electron chi connectivity index (χ2n) is 17.1. The quantitative estimate of drug-likeness (QED) is 0.119. The molecule has 0 fully saturated rings. The summed E-state index contributed by atoms with van der Waals surface area (Å²) in [5.74, 6) is 0. The number of sulfone groups is 2. The molecule has 0 N–H and O–H groups in total. The van der Waals surface area contributed by atoms with E-state index in [-0.39, 0.29) is 8.61 Å². The minimum absolute atomic E-state index is 0.0513. The maximum absolute atomic E-state index is 15.1. The Morgan fingerprint density at radius 2 is 0.811 bits per heavy atom. The smallest absolute Gasteiger partial charge is 0.265 e. The number of allylic oxidation sites excluding steroid dienone is 2. The van der Waals surface area contributed by atoms with E-state index in [9.17, 15) is 63.3 Å². The van der Waals surface area contributed by atoms with E-state index in [2.05, 4.69) is 0 Å². The molecule has 0 aromatic heterocycles. The van der Waals surface area contributed by atoms with Gasteiger partial charge < -0.3 is 0 Å². The number of halogens is 6.